The van der Waals surface area contributed by atoms with E-state index in [9.17, 15) is 0 Å². The molecule has 0 spiro atoms. The number of hydrogen-bond acceptors (Lipinski definition) is 0. The zero-order chi connectivity index (χ0) is 15.1. The van der Waals surface area contributed by atoms with Crippen molar-refractivity contribution in [1.82, 2.24) is 0 Å². The second-order valence-corrected chi connectivity index (χ2v) is 12.9. The third-order valence-electron chi connectivity index (χ3n) is 4.21. The Kier molecular flexibility index (Phi) is 15.3. The molecule has 0 saturated heterocycles. The van der Waals surface area contributed by atoms with E-state index in [1.165, 1.54) is 94.3 Å². The Morgan fingerprint density at radius 1 is 0.500 bits per heavy atom. The Morgan fingerprint density at radius 3 is 1.05 bits per heavy atom. The second kappa shape index (κ2) is 14.7. The molecule has 124 valence electrons. The first-order valence-electron chi connectivity index (χ1n) is 9.22. The number of unbranched alkanes of at least 4 members (excludes halogenated alkanes) is 9. The van der Waals surface area contributed by atoms with Gasteiger partial charge in [-0.25, -0.2) is 9.65 Å². The standard InChI is InChI=1S/C18H41PS/c1-4-7-10-13-16-20(19,17-14-11-8-5-2)18-15-12-9-6-3/h4-19H2,1-3H3. The monoisotopic (exact) mass is 320 g/mol. The number of hydrogen-bond donors (Lipinski definition) is 0. The Morgan fingerprint density at radius 2 is 0.800 bits per heavy atom. The number of rotatable bonds is 15. The normalized spacial score (nSPS) is 12.8. The van der Waals surface area contributed by atoms with Gasteiger partial charge in [0.05, 0.1) is 0 Å². The van der Waals surface area contributed by atoms with Crippen molar-refractivity contribution in [1.29, 1.82) is 0 Å². The molecule has 0 radical (unpaired) electrons. The van der Waals surface area contributed by atoms with Crippen LogP contribution in [0.1, 0.15) is 97.8 Å². The molecule has 0 N–H and O–H groups in total. The van der Waals surface area contributed by atoms with Crippen molar-refractivity contribution in [2.45, 2.75) is 97.8 Å². The Hall–Kier alpha value is 0.780. The zero-order valence-corrected chi connectivity index (χ0v) is 16.6. The van der Waals surface area contributed by atoms with Crippen molar-refractivity contribution < 1.29 is 0 Å². The fourth-order valence-electron chi connectivity index (χ4n) is 2.76. The average Bonchev–Trinajstić information content (AvgIpc) is 2.45. The van der Waals surface area contributed by atoms with Gasteiger partial charge in [-0.15, -0.1) is 0 Å². The minimum absolute atomic E-state index is 0.364. The summed E-state index contributed by atoms with van der Waals surface area (Å²) in [5.74, 6) is 4.57. The molecule has 0 bridgehead atoms. The van der Waals surface area contributed by atoms with Crippen LogP contribution in [-0.4, -0.2) is 17.3 Å². The van der Waals surface area contributed by atoms with Crippen LogP contribution in [0.25, 0.3) is 0 Å². The van der Waals surface area contributed by atoms with E-state index in [2.05, 4.69) is 29.2 Å². The lowest BCUT2D eigenvalue weighted by molar-refractivity contribution is 0.690. The van der Waals surface area contributed by atoms with E-state index in [0.29, 0.717) is 0 Å². The quantitative estimate of drug-likeness (QED) is 0.219. The van der Waals surface area contributed by atoms with E-state index in [1.807, 2.05) is 0 Å². The van der Waals surface area contributed by atoms with Gasteiger partial charge in [0.2, 0.25) is 0 Å². The molecule has 0 aliphatic rings. The second-order valence-electron chi connectivity index (χ2n) is 6.41. The molecule has 2 heteroatoms. The summed E-state index contributed by atoms with van der Waals surface area (Å²) in [4.78, 5) is 0. The van der Waals surface area contributed by atoms with Crippen LogP contribution in [0, 0.1) is 0 Å². The molecule has 0 heterocycles. The molecule has 0 saturated carbocycles. The summed E-state index contributed by atoms with van der Waals surface area (Å²) in [6, 6.07) is 0. The van der Waals surface area contributed by atoms with Gasteiger partial charge in [-0.05, 0) is 36.5 Å². The van der Waals surface area contributed by atoms with Gasteiger partial charge in [0.25, 0.3) is 0 Å². The fourth-order valence-corrected chi connectivity index (χ4v) is 7.20. The SMILES string of the molecule is CCCCCCS(P)(CCCCCC)CCCCCC. The van der Waals surface area contributed by atoms with Gasteiger partial charge in [-0.3, -0.25) is 0 Å². The summed E-state index contributed by atoms with van der Waals surface area (Å²) < 4.78 is 0. The van der Waals surface area contributed by atoms with Gasteiger partial charge in [0, 0.05) is 0 Å². The molecule has 0 amide bonds. The van der Waals surface area contributed by atoms with E-state index < -0.39 is 0 Å². The van der Waals surface area contributed by atoms with E-state index in [0.717, 1.165) is 0 Å². The molecule has 0 aliphatic carbocycles. The molecule has 20 heavy (non-hydrogen) atoms. The van der Waals surface area contributed by atoms with Gasteiger partial charge in [0.15, 0.2) is 0 Å². The molecule has 0 rings (SSSR count). The molecule has 0 nitrogen and oxygen atoms in total. The van der Waals surface area contributed by atoms with Crippen LogP contribution in [0.15, 0.2) is 0 Å². The Labute approximate surface area is 133 Å². The highest BCUT2D eigenvalue weighted by atomic mass is 32.8. The molecule has 1 unspecified atom stereocenters. The largest absolute Gasteiger partial charge is 0.226 e. The zero-order valence-electron chi connectivity index (χ0n) is 14.6. The van der Waals surface area contributed by atoms with Crippen LogP contribution in [0.2, 0.25) is 0 Å². The van der Waals surface area contributed by atoms with Crippen molar-refractivity contribution in [3.05, 3.63) is 0 Å². The van der Waals surface area contributed by atoms with Crippen LogP contribution in [0.5, 0.6) is 0 Å². The van der Waals surface area contributed by atoms with Crippen LogP contribution in [0.3, 0.4) is 0 Å². The van der Waals surface area contributed by atoms with E-state index in [-0.39, 0.29) is 9.65 Å². The van der Waals surface area contributed by atoms with E-state index in [1.54, 1.807) is 0 Å². The van der Waals surface area contributed by atoms with Gasteiger partial charge >= 0.3 is 0 Å². The molecular weight excluding hydrogens is 279 g/mol. The topological polar surface area (TPSA) is 0 Å². The Balaban J connectivity index is 3.98. The van der Waals surface area contributed by atoms with Crippen molar-refractivity contribution in [2.24, 2.45) is 0 Å². The first-order chi connectivity index (χ1) is 9.68. The lowest BCUT2D eigenvalue weighted by atomic mass is 10.2. The summed E-state index contributed by atoms with van der Waals surface area (Å²) in [6.07, 6.45) is 17.2. The summed E-state index contributed by atoms with van der Waals surface area (Å²) in [5.41, 5.74) is 0. The first kappa shape index (κ1) is 20.8. The summed E-state index contributed by atoms with van der Waals surface area (Å²) in [6.45, 7) is 6.95. The summed E-state index contributed by atoms with van der Waals surface area (Å²) >= 11 is 0. The minimum Gasteiger partial charge on any atom is -0.226 e. The Bertz CT molecular complexity index is 163. The predicted octanol–water partition coefficient (Wildman–Crippen LogP) is 7.32. The molecule has 1 atom stereocenters. The van der Waals surface area contributed by atoms with Crippen molar-refractivity contribution in [3.8, 4) is 0 Å². The van der Waals surface area contributed by atoms with E-state index >= 15 is 0 Å². The molecule has 0 aromatic carbocycles. The maximum atomic E-state index is 3.36. The van der Waals surface area contributed by atoms with Gasteiger partial charge < -0.3 is 0 Å². The maximum Gasteiger partial charge on any atom is -0.0197 e. The van der Waals surface area contributed by atoms with Gasteiger partial charge in [-0.2, -0.15) is 0 Å². The first-order valence-corrected chi connectivity index (χ1v) is 12.8. The molecule has 0 aromatic rings. The minimum atomic E-state index is -0.364. The van der Waals surface area contributed by atoms with Gasteiger partial charge in [0.1, 0.15) is 0 Å². The third kappa shape index (κ3) is 12.5. The molecule has 0 fully saturated rings. The lowest BCUT2D eigenvalue weighted by Crippen LogP contribution is -2.08. The summed E-state index contributed by atoms with van der Waals surface area (Å²) in [5, 5.41) is 0. The lowest BCUT2D eigenvalue weighted by Gasteiger charge is -2.36. The fraction of sp³-hybridized carbons (Fsp3) is 1.00. The predicted molar refractivity (Wildman–Crippen MR) is 104 cm³/mol. The maximum absolute atomic E-state index is 3.36. The van der Waals surface area contributed by atoms with Crippen LogP contribution in [-0.2, 0) is 0 Å². The van der Waals surface area contributed by atoms with Crippen molar-refractivity contribution >= 4 is 18.1 Å². The highest BCUT2D eigenvalue weighted by Crippen LogP contribution is 2.57. The van der Waals surface area contributed by atoms with Crippen LogP contribution >= 0.6 is 18.1 Å². The van der Waals surface area contributed by atoms with Gasteiger partial charge in [-0.1, -0.05) is 87.0 Å². The summed E-state index contributed by atoms with van der Waals surface area (Å²) in [7, 11) is 2.99. The van der Waals surface area contributed by atoms with Crippen LogP contribution < -0.4 is 0 Å². The molecule has 0 aliphatic heterocycles. The highest BCUT2D eigenvalue weighted by molar-refractivity contribution is 8.68. The smallest absolute Gasteiger partial charge is 0.0197 e. The average molecular weight is 321 g/mol. The van der Waals surface area contributed by atoms with Crippen molar-refractivity contribution in [3.63, 3.8) is 0 Å². The third-order valence-corrected chi connectivity index (χ3v) is 9.64. The highest BCUT2D eigenvalue weighted by Gasteiger charge is 2.17. The molecular formula is C18H41PS. The molecule has 0 aromatic heterocycles. The van der Waals surface area contributed by atoms with Crippen LogP contribution in [0.4, 0.5) is 0 Å². The van der Waals surface area contributed by atoms with E-state index in [4.69, 9.17) is 0 Å². The van der Waals surface area contributed by atoms with Crippen molar-refractivity contribution in [2.75, 3.05) is 17.3 Å².